The van der Waals surface area contributed by atoms with Crippen LogP contribution in [0.1, 0.15) is 22.3 Å². The summed E-state index contributed by atoms with van der Waals surface area (Å²) in [6.45, 7) is 0. The van der Waals surface area contributed by atoms with Gasteiger partial charge in [-0.05, 0) is 81.9 Å². The van der Waals surface area contributed by atoms with Gasteiger partial charge in [-0.2, -0.15) is 0 Å². The Bertz CT molecular complexity index is 4010. The highest BCUT2D eigenvalue weighted by molar-refractivity contribution is 6.24. The van der Waals surface area contributed by atoms with E-state index < -0.39 is 5.41 Å². The fourth-order valence-corrected chi connectivity index (χ4v) is 11.3. The maximum Gasteiger partial charge on any atom is 0.164 e. The summed E-state index contributed by atoms with van der Waals surface area (Å²) in [5.74, 6) is 1.90. The van der Waals surface area contributed by atoms with Crippen LogP contribution in [0.5, 0.6) is 0 Å². The van der Waals surface area contributed by atoms with Gasteiger partial charge in [0.05, 0.1) is 27.5 Å². The maximum absolute atomic E-state index is 5.20. The van der Waals surface area contributed by atoms with Gasteiger partial charge in [0.25, 0.3) is 0 Å². The van der Waals surface area contributed by atoms with Crippen molar-refractivity contribution >= 4 is 43.6 Å². The lowest BCUT2D eigenvalue weighted by atomic mass is 9.67. The zero-order chi connectivity index (χ0) is 45.5. The first-order valence-electron chi connectivity index (χ1n) is 23.5. The van der Waals surface area contributed by atoms with Gasteiger partial charge in [-0.1, -0.05) is 200 Å². The van der Waals surface area contributed by atoms with Crippen molar-refractivity contribution in [1.29, 1.82) is 0 Å². The summed E-state index contributed by atoms with van der Waals surface area (Å²) in [6.07, 6.45) is 0. The first kappa shape index (κ1) is 39.0. The van der Waals surface area contributed by atoms with E-state index in [4.69, 9.17) is 15.0 Å². The third-order valence-corrected chi connectivity index (χ3v) is 14.2. The lowest BCUT2D eigenvalue weighted by Crippen LogP contribution is -2.28. The van der Waals surface area contributed by atoms with E-state index in [0.717, 1.165) is 39.1 Å². The van der Waals surface area contributed by atoms with Gasteiger partial charge in [0.15, 0.2) is 17.5 Å². The minimum Gasteiger partial charge on any atom is -0.307 e. The summed E-state index contributed by atoms with van der Waals surface area (Å²) in [5.41, 5.74) is 16.3. The molecule has 0 unspecified atom stereocenters. The molecule has 14 rings (SSSR count). The molecule has 13 aromatic rings. The standard InChI is InChI=1S/C64H41N5/c1-5-20-42(21-6-1)61-65-62(43-22-7-2-8-23-43)67-63(66-61)44-24-19-25-45(40-44)64(55-33-16-13-30-49(55)50-31-14-17-34-56(50)64)46-36-39-58-54(41-46)53-38-37-52-51-32-15-18-35-57(51)68(47-26-9-3-10-27-47)59(52)60(53)69(58)48-28-11-4-12-29-48/h1-41H. The maximum atomic E-state index is 5.20. The van der Waals surface area contributed by atoms with E-state index in [-0.39, 0.29) is 0 Å². The molecule has 3 heterocycles. The average Bonchev–Trinajstić information content (AvgIpc) is 4.06. The lowest BCUT2D eigenvalue weighted by Gasteiger charge is -2.34. The Hall–Kier alpha value is -9.19. The predicted molar refractivity (Wildman–Crippen MR) is 282 cm³/mol. The molecule has 0 amide bonds. The zero-order valence-corrected chi connectivity index (χ0v) is 37.4. The first-order chi connectivity index (χ1) is 34.2. The number of aromatic nitrogens is 5. The number of fused-ring (bicyclic) bond motifs is 10. The van der Waals surface area contributed by atoms with Crippen LogP contribution in [0.25, 0.3) is 100 Å². The molecule has 5 nitrogen and oxygen atoms in total. The van der Waals surface area contributed by atoms with E-state index in [1.807, 2.05) is 36.4 Å². The van der Waals surface area contributed by atoms with Crippen molar-refractivity contribution in [3.05, 3.63) is 271 Å². The molecule has 0 aliphatic heterocycles. The second kappa shape index (κ2) is 15.4. The topological polar surface area (TPSA) is 48.5 Å². The van der Waals surface area contributed by atoms with Crippen molar-refractivity contribution in [3.63, 3.8) is 0 Å². The van der Waals surface area contributed by atoms with Gasteiger partial charge in [-0.3, -0.25) is 0 Å². The second-order valence-corrected chi connectivity index (χ2v) is 17.9. The van der Waals surface area contributed by atoms with Crippen molar-refractivity contribution < 1.29 is 0 Å². The van der Waals surface area contributed by atoms with Crippen molar-refractivity contribution in [2.24, 2.45) is 0 Å². The van der Waals surface area contributed by atoms with Crippen LogP contribution >= 0.6 is 0 Å². The number of benzene rings is 10. The Morgan fingerprint density at radius 3 is 1.30 bits per heavy atom. The quantitative estimate of drug-likeness (QED) is 0.160. The molecule has 0 radical (unpaired) electrons. The third-order valence-electron chi connectivity index (χ3n) is 14.2. The van der Waals surface area contributed by atoms with E-state index in [9.17, 15) is 0 Å². The van der Waals surface area contributed by atoms with Gasteiger partial charge in [0.1, 0.15) is 0 Å². The van der Waals surface area contributed by atoms with Crippen LogP contribution in [0.2, 0.25) is 0 Å². The molecule has 0 bridgehead atoms. The van der Waals surface area contributed by atoms with Crippen LogP contribution in [0.4, 0.5) is 0 Å². The minimum absolute atomic E-state index is 0.624. The minimum atomic E-state index is -0.695. The largest absolute Gasteiger partial charge is 0.307 e. The first-order valence-corrected chi connectivity index (χ1v) is 23.5. The molecule has 69 heavy (non-hydrogen) atoms. The number of rotatable bonds is 7. The normalized spacial score (nSPS) is 12.8. The number of hydrogen-bond donors (Lipinski definition) is 0. The number of hydrogen-bond acceptors (Lipinski definition) is 3. The molecule has 0 spiro atoms. The molecule has 0 saturated carbocycles. The van der Waals surface area contributed by atoms with Crippen LogP contribution in [-0.4, -0.2) is 24.1 Å². The average molecular weight is 880 g/mol. The molecule has 0 saturated heterocycles. The Balaban J connectivity index is 1.07. The van der Waals surface area contributed by atoms with Crippen LogP contribution in [-0.2, 0) is 5.41 Å². The highest BCUT2D eigenvalue weighted by Gasteiger charge is 2.46. The Kier molecular flexibility index (Phi) is 8.73. The summed E-state index contributed by atoms with van der Waals surface area (Å²) in [5, 5.41) is 4.83. The van der Waals surface area contributed by atoms with E-state index in [1.54, 1.807) is 0 Å². The smallest absolute Gasteiger partial charge is 0.164 e. The van der Waals surface area contributed by atoms with E-state index in [0.29, 0.717) is 17.5 Å². The van der Waals surface area contributed by atoms with Crippen LogP contribution < -0.4 is 0 Å². The van der Waals surface area contributed by atoms with Gasteiger partial charge in [0, 0.05) is 49.6 Å². The molecule has 3 aromatic heterocycles. The van der Waals surface area contributed by atoms with Gasteiger partial charge in [-0.15, -0.1) is 0 Å². The highest BCUT2D eigenvalue weighted by Crippen LogP contribution is 2.57. The third kappa shape index (κ3) is 5.87. The Morgan fingerprint density at radius 1 is 0.290 bits per heavy atom. The molecule has 5 heteroatoms. The van der Waals surface area contributed by atoms with Gasteiger partial charge in [0.2, 0.25) is 0 Å². The van der Waals surface area contributed by atoms with Gasteiger partial charge < -0.3 is 9.13 Å². The van der Waals surface area contributed by atoms with E-state index >= 15 is 0 Å². The summed E-state index contributed by atoms with van der Waals surface area (Å²) < 4.78 is 4.94. The van der Waals surface area contributed by atoms with Gasteiger partial charge >= 0.3 is 0 Å². The molecule has 0 atom stereocenters. The molecule has 1 aliphatic rings. The predicted octanol–water partition coefficient (Wildman–Crippen LogP) is 15.4. The second-order valence-electron chi connectivity index (χ2n) is 17.9. The van der Waals surface area contributed by atoms with Crippen molar-refractivity contribution in [3.8, 4) is 56.7 Å². The highest BCUT2D eigenvalue weighted by atomic mass is 15.0. The summed E-state index contributed by atoms with van der Waals surface area (Å²) in [4.78, 5) is 15.4. The SMILES string of the molecule is c1ccc(-c2nc(-c3ccccc3)nc(-c3cccc(C4(c5ccc6c(c5)c5ccc7c8ccccc8n(-c8ccccc8)c7c5n6-c5ccccc5)c5ccccc5-c5ccccc54)c3)n2)cc1. The van der Waals surface area contributed by atoms with Crippen molar-refractivity contribution in [2.45, 2.75) is 5.41 Å². The molecular weight excluding hydrogens is 839 g/mol. The summed E-state index contributed by atoms with van der Waals surface area (Å²) in [7, 11) is 0. The molecule has 1 aliphatic carbocycles. The van der Waals surface area contributed by atoms with Crippen molar-refractivity contribution in [2.75, 3.05) is 0 Å². The van der Waals surface area contributed by atoms with Crippen LogP contribution in [0, 0.1) is 0 Å². The lowest BCUT2D eigenvalue weighted by molar-refractivity contribution is 0.770. The van der Waals surface area contributed by atoms with Gasteiger partial charge in [-0.25, -0.2) is 15.0 Å². The fourth-order valence-electron chi connectivity index (χ4n) is 11.3. The van der Waals surface area contributed by atoms with Crippen LogP contribution in [0.15, 0.2) is 249 Å². The summed E-state index contributed by atoms with van der Waals surface area (Å²) in [6, 6.07) is 89.5. The Morgan fingerprint density at radius 2 is 0.725 bits per heavy atom. The zero-order valence-electron chi connectivity index (χ0n) is 37.4. The molecule has 0 N–H and O–H groups in total. The van der Waals surface area contributed by atoms with E-state index in [2.05, 4.69) is 221 Å². The molecule has 322 valence electrons. The fraction of sp³-hybridized carbons (Fsp3) is 0.0156. The molecule has 0 fully saturated rings. The summed E-state index contributed by atoms with van der Waals surface area (Å²) >= 11 is 0. The number of para-hydroxylation sites is 3. The molecule has 10 aromatic carbocycles. The van der Waals surface area contributed by atoms with Crippen molar-refractivity contribution in [1.82, 2.24) is 24.1 Å². The number of nitrogens with zero attached hydrogens (tertiary/aromatic N) is 5. The molecular formula is C64H41N5. The Labute approximate surface area is 398 Å². The van der Waals surface area contributed by atoms with E-state index in [1.165, 1.54) is 65.9 Å². The monoisotopic (exact) mass is 879 g/mol. The van der Waals surface area contributed by atoms with Crippen LogP contribution in [0.3, 0.4) is 0 Å².